The largest absolute Gasteiger partial charge is 0.462 e. The summed E-state index contributed by atoms with van der Waals surface area (Å²) in [6.07, 6.45) is 23.4. The van der Waals surface area contributed by atoms with Gasteiger partial charge in [0.15, 0.2) is 12.4 Å². The molecule has 1 saturated heterocycles. The van der Waals surface area contributed by atoms with Gasteiger partial charge in [0.05, 0.1) is 13.2 Å². The van der Waals surface area contributed by atoms with Crippen LogP contribution in [0, 0.1) is 0 Å². The van der Waals surface area contributed by atoms with Crippen LogP contribution in [0.4, 0.5) is 0 Å². The van der Waals surface area contributed by atoms with E-state index in [4.69, 9.17) is 18.9 Å². The van der Waals surface area contributed by atoms with Crippen molar-refractivity contribution in [3.63, 3.8) is 0 Å². The van der Waals surface area contributed by atoms with Crippen LogP contribution >= 0.6 is 0 Å². The van der Waals surface area contributed by atoms with E-state index in [2.05, 4.69) is 38.2 Å². The molecule has 6 atom stereocenters. The molecule has 0 amide bonds. The van der Waals surface area contributed by atoms with E-state index in [1.807, 2.05) is 0 Å². The minimum Gasteiger partial charge on any atom is -0.462 e. The number of carbonyl (C=O) groups is 2. The fourth-order valence-electron chi connectivity index (χ4n) is 5.71. The van der Waals surface area contributed by atoms with Gasteiger partial charge >= 0.3 is 11.9 Å². The zero-order valence-electron chi connectivity index (χ0n) is 30.7. The Morgan fingerprint density at radius 3 is 1.67 bits per heavy atom. The summed E-state index contributed by atoms with van der Waals surface area (Å²) in [4.78, 5) is 25.1. The van der Waals surface area contributed by atoms with E-state index < -0.39 is 49.4 Å². The second kappa shape index (κ2) is 31.0. The Morgan fingerprint density at radius 1 is 0.633 bits per heavy atom. The van der Waals surface area contributed by atoms with Crippen LogP contribution in [-0.2, 0) is 28.5 Å². The van der Waals surface area contributed by atoms with Crippen molar-refractivity contribution < 1.29 is 49.0 Å². The number of aliphatic hydroxyl groups excluding tert-OH is 4. The maximum Gasteiger partial charge on any atom is 0.306 e. The number of rotatable bonds is 31. The van der Waals surface area contributed by atoms with Crippen molar-refractivity contribution in [2.75, 3.05) is 19.8 Å². The van der Waals surface area contributed by atoms with E-state index in [1.165, 1.54) is 64.2 Å². The van der Waals surface area contributed by atoms with Gasteiger partial charge in [-0.1, -0.05) is 128 Å². The first-order valence-corrected chi connectivity index (χ1v) is 19.4. The van der Waals surface area contributed by atoms with Crippen LogP contribution in [0.3, 0.4) is 0 Å². The molecule has 0 aromatic rings. The van der Waals surface area contributed by atoms with Crippen LogP contribution in [0.1, 0.15) is 155 Å². The molecule has 1 aliphatic rings. The molecule has 10 heteroatoms. The Labute approximate surface area is 296 Å². The molecule has 1 heterocycles. The Hall–Kier alpha value is -1.82. The van der Waals surface area contributed by atoms with Crippen LogP contribution in [-0.4, -0.2) is 89.0 Å². The van der Waals surface area contributed by atoms with Crippen molar-refractivity contribution >= 4 is 11.9 Å². The molecule has 1 rings (SSSR count). The summed E-state index contributed by atoms with van der Waals surface area (Å²) in [6, 6.07) is 0. The minimum absolute atomic E-state index is 0.214. The third-order valence-electron chi connectivity index (χ3n) is 8.87. The monoisotopic (exact) mass is 698 g/mol. The molecule has 0 spiro atoms. The van der Waals surface area contributed by atoms with E-state index in [-0.39, 0.29) is 32.0 Å². The van der Waals surface area contributed by atoms with Gasteiger partial charge in [-0.25, -0.2) is 0 Å². The lowest BCUT2D eigenvalue weighted by atomic mass is 9.99. The van der Waals surface area contributed by atoms with Gasteiger partial charge in [0.2, 0.25) is 0 Å². The summed E-state index contributed by atoms with van der Waals surface area (Å²) in [5, 5.41) is 39.9. The molecule has 0 saturated carbocycles. The molecule has 1 fully saturated rings. The summed E-state index contributed by atoms with van der Waals surface area (Å²) >= 11 is 0. The standard InChI is InChI=1S/C39H70O10/c1-3-5-7-9-11-13-14-15-16-17-18-20-22-24-26-28-35(42)48-32(31-47-39-38(45)37(44)36(43)33(29-40)49-39)30-46-34(41)27-25-23-21-19-12-10-8-6-4-2/h13-16,32-33,36-40,43-45H,3-12,17-31H2,1-2H3/b14-13+,16-15+/t32-,33-,36+,37?,38?,39-/m1/s1. The highest BCUT2D eigenvalue weighted by Gasteiger charge is 2.44. The lowest BCUT2D eigenvalue weighted by molar-refractivity contribution is -0.305. The first-order chi connectivity index (χ1) is 23.8. The van der Waals surface area contributed by atoms with Crippen molar-refractivity contribution in [1.82, 2.24) is 0 Å². The van der Waals surface area contributed by atoms with Crippen molar-refractivity contribution in [3.8, 4) is 0 Å². The lowest BCUT2D eigenvalue weighted by Crippen LogP contribution is -2.59. The molecule has 10 nitrogen and oxygen atoms in total. The second-order valence-corrected chi connectivity index (χ2v) is 13.4. The SMILES string of the molecule is CCCCCC/C=C/C=C/CCCCCCCC(=O)O[C@H](COC(=O)CCCCCCCCCCC)CO[C@@H]1O[C@H](CO)[C@H](O)C(O)C1O. The molecular weight excluding hydrogens is 628 g/mol. The Balaban J connectivity index is 2.41. The summed E-state index contributed by atoms with van der Waals surface area (Å²) < 4.78 is 22.0. The van der Waals surface area contributed by atoms with Crippen LogP contribution in [0.15, 0.2) is 24.3 Å². The molecule has 0 bridgehead atoms. The van der Waals surface area contributed by atoms with Gasteiger partial charge in [0.25, 0.3) is 0 Å². The van der Waals surface area contributed by atoms with Gasteiger partial charge in [0.1, 0.15) is 31.0 Å². The number of ether oxygens (including phenoxy) is 4. The van der Waals surface area contributed by atoms with E-state index in [0.717, 1.165) is 57.8 Å². The van der Waals surface area contributed by atoms with Crippen molar-refractivity contribution in [2.45, 2.75) is 192 Å². The number of hydrogen-bond acceptors (Lipinski definition) is 10. The quantitative estimate of drug-likeness (QED) is 0.0339. The predicted molar refractivity (Wildman–Crippen MR) is 192 cm³/mol. The number of aliphatic hydroxyl groups is 4. The first-order valence-electron chi connectivity index (χ1n) is 19.4. The summed E-state index contributed by atoms with van der Waals surface area (Å²) in [5.41, 5.74) is 0. The maximum absolute atomic E-state index is 12.7. The highest BCUT2D eigenvalue weighted by molar-refractivity contribution is 5.70. The molecule has 2 unspecified atom stereocenters. The Bertz CT molecular complexity index is 861. The van der Waals surface area contributed by atoms with Gasteiger partial charge in [0, 0.05) is 12.8 Å². The average molecular weight is 699 g/mol. The number of carbonyl (C=O) groups excluding carboxylic acids is 2. The Kier molecular flexibility index (Phi) is 28.6. The third kappa shape index (κ3) is 23.3. The topological polar surface area (TPSA) is 152 Å². The van der Waals surface area contributed by atoms with E-state index in [9.17, 15) is 30.0 Å². The van der Waals surface area contributed by atoms with Crippen molar-refractivity contribution in [3.05, 3.63) is 24.3 Å². The van der Waals surface area contributed by atoms with Crippen LogP contribution in [0.5, 0.6) is 0 Å². The fourth-order valence-corrected chi connectivity index (χ4v) is 5.71. The molecule has 286 valence electrons. The summed E-state index contributed by atoms with van der Waals surface area (Å²) in [6.45, 7) is 3.34. The Morgan fingerprint density at radius 2 is 1.12 bits per heavy atom. The molecule has 0 aromatic heterocycles. The lowest BCUT2D eigenvalue weighted by Gasteiger charge is -2.39. The highest BCUT2D eigenvalue weighted by atomic mass is 16.7. The minimum atomic E-state index is -1.59. The molecule has 0 aromatic carbocycles. The van der Waals surface area contributed by atoms with Gasteiger partial charge in [-0.15, -0.1) is 0 Å². The summed E-state index contributed by atoms with van der Waals surface area (Å²) in [7, 11) is 0. The molecule has 4 N–H and O–H groups in total. The number of esters is 2. The molecular formula is C39H70O10. The maximum atomic E-state index is 12.7. The normalized spacial score (nSPS) is 21.8. The smallest absolute Gasteiger partial charge is 0.306 e. The fraction of sp³-hybridized carbons (Fsp3) is 0.846. The van der Waals surface area contributed by atoms with Crippen LogP contribution < -0.4 is 0 Å². The highest BCUT2D eigenvalue weighted by Crippen LogP contribution is 2.22. The van der Waals surface area contributed by atoms with Gasteiger partial charge in [-0.05, 0) is 38.5 Å². The zero-order chi connectivity index (χ0) is 36.0. The van der Waals surface area contributed by atoms with Gasteiger partial charge in [-0.2, -0.15) is 0 Å². The molecule has 49 heavy (non-hydrogen) atoms. The average Bonchev–Trinajstić information content (AvgIpc) is 3.10. The first kappa shape index (κ1) is 45.2. The van der Waals surface area contributed by atoms with Crippen molar-refractivity contribution in [1.29, 1.82) is 0 Å². The predicted octanol–water partition coefficient (Wildman–Crippen LogP) is 6.99. The third-order valence-corrected chi connectivity index (χ3v) is 8.87. The number of unbranched alkanes of at least 4 members (excludes halogenated alkanes) is 17. The van der Waals surface area contributed by atoms with Crippen LogP contribution in [0.2, 0.25) is 0 Å². The van der Waals surface area contributed by atoms with E-state index in [1.54, 1.807) is 0 Å². The molecule has 1 aliphatic heterocycles. The molecule has 0 aliphatic carbocycles. The second-order valence-electron chi connectivity index (χ2n) is 13.4. The number of allylic oxidation sites excluding steroid dienone is 4. The van der Waals surface area contributed by atoms with Crippen molar-refractivity contribution in [2.24, 2.45) is 0 Å². The summed E-state index contributed by atoms with van der Waals surface area (Å²) in [5.74, 6) is -0.827. The number of hydrogen-bond donors (Lipinski definition) is 4. The van der Waals surface area contributed by atoms with Gasteiger partial charge in [-0.3, -0.25) is 9.59 Å². The zero-order valence-corrected chi connectivity index (χ0v) is 30.7. The van der Waals surface area contributed by atoms with E-state index in [0.29, 0.717) is 6.42 Å². The van der Waals surface area contributed by atoms with Gasteiger partial charge < -0.3 is 39.4 Å². The van der Waals surface area contributed by atoms with Crippen LogP contribution in [0.25, 0.3) is 0 Å². The van der Waals surface area contributed by atoms with E-state index >= 15 is 0 Å². The molecule has 0 radical (unpaired) electrons.